The fraction of sp³-hybridized carbons (Fsp3) is 0. The average molecular weight is 243 g/mol. The Labute approximate surface area is 102 Å². The fourth-order valence-electron chi connectivity index (χ4n) is 1.52. The highest BCUT2D eigenvalue weighted by Gasteiger charge is 2.07. The van der Waals surface area contributed by atoms with Crippen LogP contribution in [-0.2, 0) is 0 Å². The summed E-state index contributed by atoms with van der Waals surface area (Å²) in [5, 5.41) is 10.5. The summed E-state index contributed by atoms with van der Waals surface area (Å²) < 4.78 is 0. The standard InChI is InChI=1S/C12H9N3O3/c13-12(16)11-7-9(5-6-14-11)8-1-3-10(4-2-8)15(17)18/h1-7H,(H2,13,16). The molecule has 6 heteroatoms. The van der Waals surface area contributed by atoms with Gasteiger partial charge in [0.1, 0.15) is 5.69 Å². The number of aromatic nitrogens is 1. The van der Waals surface area contributed by atoms with E-state index in [0.717, 1.165) is 11.1 Å². The molecule has 1 heterocycles. The minimum Gasteiger partial charge on any atom is -0.364 e. The first-order valence-electron chi connectivity index (χ1n) is 5.08. The zero-order valence-electron chi connectivity index (χ0n) is 9.24. The molecule has 2 aromatic rings. The number of hydrogen-bond donors (Lipinski definition) is 1. The molecule has 0 spiro atoms. The molecule has 0 atom stereocenters. The number of nitrogens with two attached hydrogens (primary N) is 1. The summed E-state index contributed by atoms with van der Waals surface area (Å²) in [6, 6.07) is 9.27. The highest BCUT2D eigenvalue weighted by atomic mass is 16.6. The maximum Gasteiger partial charge on any atom is 0.269 e. The number of rotatable bonds is 3. The summed E-state index contributed by atoms with van der Waals surface area (Å²) >= 11 is 0. The van der Waals surface area contributed by atoms with Crippen molar-refractivity contribution in [3.8, 4) is 11.1 Å². The SMILES string of the molecule is NC(=O)c1cc(-c2ccc([N+](=O)[O-])cc2)ccn1. The first-order valence-corrected chi connectivity index (χ1v) is 5.08. The zero-order chi connectivity index (χ0) is 13.1. The number of benzene rings is 1. The van der Waals surface area contributed by atoms with Crippen molar-refractivity contribution in [2.75, 3.05) is 0 Å². The molecule has 6 nitrogen and oxygen atoms in total. The maximum absolute atomic E-state index is 11.0. The van der Waals surface area contributed by atoms with Crippen LogP contribution in [0, 0.1) is 10.1 Å². The number of nitro benzene ring substituents is 1. The summed E-state index contributed by atoms with van der Waals surface area (Å²) in [5.74, 6) is -0.612. The van der Waals surface area contributed by atoms with Crippen molar-refractivity contribution in [2.45, 2.75) is 0 Å². The quantitative estimate of drug-likeness (QED) is 0.655. The minimum absolute atomic E-state index is 0.0166. The number of amides is 1. The van der Waals surface area contributed by atoms with E-state index in [4.69, 9.17) is 5.73 Å². The summed E-state index contributed by atoms with van der Waals surface area (Å²) in [5.41, 5.74) is 6.79. The summed E-state index contributed by atoms with van der Waals surface area (Å²) in [6.45, 7) is 0. The van der Waals surface area contributed by atoms with E-state index in [0.29, 0.717) is 0 Å². The summed E-state index contributed by atoms with van der Waals surface area (Å²) in [6.07, 6.45) is 1.47. The lowest BCUT2D eigenvalue weighted by atomic mass is 10.1. The molecule has 0 aliphatic rings. The van der Waals surface area contributed by atoms with Gasteiger partial charge in [0.05, 0.1) is 4.92 Å². The first kappa shape index (κ1) is 11.7. The molecule has 1 amide bonds. The second kappa shape index (κ2) is 4.62. The van der Waals surface area contributed by atoms with Crippen molar-refractivity contribution in [2.24, 2.45) is 5.73 Å². The largest absolute Gasteiger partial charge is 0.364 e. The number of primary amides is 1. The molecule has 0 aliphatic carbocycles. The molecule has 2 N–H and O–H groups in total. The van der Waals surface area contributed by atoms with E-state index in [2.05, 4.69) is 4.98 Å². The molecule has 0 radical (unpaired) electrons. The Morgan fingerprint density at radius 3 is 2.39 bits per heavy atom. The zero-order valence-corrected chi connectivity index (χ0v) is 9.24. The van der Waals surface area contributed by atoms with Gasteiger partial charge in [-0.15, -0.1) is 0 Å². The molecule has 0 fully saturated rings. The van der Waals surface area contributed by atoms with Gasteiger partial charge in [-0.2, -0.15) is 0 Å². The molecule has 1 aromatic heterocycles. The molecule has 0 bridgehead atoms. The third-order valence-corrected chi connectivity index (χ3v) is 2.42. The number of carbonyl (C=O) groups is 1. The van der Waals surface area contributed by atoms with Crippen LogP contribution in [0.25, 0.3) is 11.1 Å². The van der Waals surface area contributed by atoms with E-state index in [1.54, 1.807) is 24.3 Å². The smallest absolute Gasteiger partial charge is 0.269 e. The molecule has 0 saturated heterocycles. The molecule has 0 aliphatic heterocycles. The van der Waals surface area contributed by atoms with Crippen LogP contribution in [0.2, 0.25) is 0 Å². The van der Waals surface area contributed by atoms with Crippen LogP contribution in [0.15, 0.2) is 42.6 Å². The maximum atomic E-state index is 11.0. The predicted molar refractivity (Wildman–Crippen MR) is 64.8 cm³/mol. The van der Waals surface area contributed by atoms with Crippen molar-refractivity contribution >= 4 is 11.6 Å². The Kier molecular flexibility index (Phi) is 3.01. The second-order valence-corrected chi connectivity index (χ2v) is 3.60. The Morgan fingerprint density at radius 2 is 1.83 bits per heavy atom. The van der Waals surface area contributed by atoms with Gasteiger partial charge in [0.2, 0.25) is 0 Å². The van der Waals surface area contributed by atoms with Gasteiger partial charge in [0.15, 0.2) is 0 Å². The van der Waals surface area contributed by atoms with Gasteiger partial charge in [-0.1, -0.05) is 0 Å². The molecule has 18 heavy (non-hydrogen) atoms. The number of nitrogens with zero attached hydrogens (tertiary/aromatic N) is 2. The first-order chi connectivity index (χ1) is 8.58. The topological polar surface area (TPSA) is 99.1 Å². The van der Waals surface area contributed by atoms with E-state index in [1.165, 1.54) is 18.3 Å². The number of non-ortho nitro benzene ring substituents is 1. The number of nitro groups is 1. The van der Waals surface area contributed by atoms with E-state index < -0.39 is 10.8 Å². The van der Waals surface area contributed by atoms with E-state index in [1.807, 2.05) is 0 Å². The molecule has 0 saturated carbocycles. The summed E-state index contributed by atoms with van der Waals surface area (Å²) in [4.78, 5) is 24.9. The summed E-state index contributed by atoms with van der Waals surface area (Å²) in [7, 11) is 0. The van der Waals surface area contributed by atoms with Gasteiger partial charge in [0, 0.05) is 18.3 Å². The van der Waals surface area contributed by atoms with Crippen molar-refractivity contribution in [3.05, 3.63) is 58.4 Å². The van der Waals surface area contributed by atoms with Crippen LogP contribution in [0.3, 0.4) is 0 Å². The average Bonchev–Trinajstić information content (AvgIpc) is 2.39. The number of hydrogen-bond acceptors (Lipinski definition) is 4. The third kappa shape index (κ3) is 2.32. The Balaban J connectivity index is 2.39. The predicted octanol–water partition coefficient (Wildman–Crippen LogP) is 1.76. The lowest BCUT2D eigenvalue weighted by Crippen LogP contribution is -2.12. The molecule has 2 rings (SSSR count). The fourth-order valence-corrected chi connectivity index (χ4v) is 1.52. The van der Waals surface area contributed by atoms with Gasteiger partial charge in [0.25, 0.3) is 11.6 Å². The highest BCUT2D eigenvalue weighted by molar-refractivity contribution is 5.92. The van der Waals surface area contributed by atoms with Gasteiger partial charge in [-0.3, -0.25) is 19.9 Å². The Hall–Kier alpha value is -2.76. The molecule has 0 unspecified atom stereocenters. The van der Waals surface area contributed by atoms with Gasteiger partial charge >= 0.3 is 0 Å². The Morgan fingerprint density at radius 1 is 1.17 bits per heavy atom. The lowest BCUT2D eigenvalue weighted by molar-refractivity contribution is -0.384. The van der Waals surface area contributed by atoms with Crippen molar-refractivity contribution in [1.82, 2.24) is 4.98 Å². The third-order valence-electron chi connectivity index (χ3n) is 2.42. The van der Waals surface area contributed by atoms with Crippen molar-refractivity contribution < 1.29 is 9.72 Å². The van der Waals surface area contributed by atoms with Crippen molar-refractivity contribution in [3.63, 3.8) is 0 Å². The normalized spacial score (nSPS) is 10.0. The van der Waals surface area contributed by atoms with Gasteiger partial charge < -0.3 is 5.73 Å². The van der Waals surface area contributed by atoms with E-state index in [-0.39, 0.29) is 11.4 Å². The molecular weight excluding hydrogens is 234 g/mol. The van der Waals surface area contributed by atoms with Crippen LogP contribution in [-0.4, -0.2) is 15.8 Å². The monoisotopic (exact) mass is 243 g/mol. The van der Waals surface area contributed by atoms with Crippen LogP contribution in [0.4, 0.5) is 5.69 Å². The number of carbonyl (C=O) groups excluding carboxylic acids is 1. The molecule has 90 valence electrons. The number of pyridine rings is 1. The van der Waals surface area contributed by atoms with Crippen molar-refractivity contribution in [1.29, 1.82) is 0 Å². The second-order valence-electron chi connectivity index (χ2n) is 3.60. The van der Waals surface area contributed by atoms with Gasteiger partial charge in [-0.05, 0) is 35.4 Å². The highest BCUT2D eigenvalue weighted by Crippen LogP contribution is 2.22. The van der Waals surface area contributed by atoms with Gasteiger partial charge in [-0.25, -0.2) is 0 Å². The van der Waals surface area contributed by atoms with Crippen LogP contribution in [0.1, 0.15) is 10.5 Å². The van der Waals surface area contributed by atoms with Crippen LogP contribution >= 0.6 is 0 Å². The van der Waals surface area contributed by atoms with E-state index >= 15 is 0 Å². The van der Waals surface area contributed by atoms with Crippen LogP contribution in [0.5, 0.6) is 0 Å². The Bertz CT molecular complexity index is 608. The molecular formula is C12H9N3O3. The van der Waals surface area contributed by atoms with Crippen LogP contribution < -0.4 is 5.73 Å². The minimum atomic E-state index is -0.612. The molecule has 1 aromatic carbocycles. The van der Waals surface area contributed by atoms with E-state index in [9.17, 15) is 14.9 Å². The lowest BCUT2D eigenvalue weighted by Gasteiger charge is -2.02.